The summed E-state index contributed by atoms with van der Waals surface area (Å²) >= 11 is 0. The third kappa shape index (κ3) is 3.21. The minimum atomic E-state index is -0.0653. The molecule has 1 heterocycles. The minimum Gasteiger partial charge on any atom is -0.393 e. The third-order valence-electron chi connectivity index (χ3n) is 4.61. The van der Waals surface area contributed by atoms with Crippen molar-refractivity contribution in [3.8, 4) is 0 Å². The van der Waals surface area contributed by atoms with Crippen LogP contribution in [0.3, 0.4) is 0 Å². The lowest BCUT2D eigenvalue weighted by molar-refractivity contribution is 0.0504. The van der Waals surface area contributed by atoms with Crippen molar-refractivity contribution in [1.29, 1.82) is 0 Å². The number of hydrogen-bond acceptors (Lipinski definition) is 2. The summed E-state index contributed by atoms with van der Waals surface area (Å²) in [6, 6.07) is 0. The summed E-state index contributed by atoms with van der Waals surface area (Å²) in [5.41, 5.74) is 0. The molecular weight excluding hydrogens is 200 g/mol. The number of aliphatic hydroxyl groups excluding tert-OH is 1. The molecule has 1 N–H and O–H groups in total. The zero-order valence-corrected chi connectivity index (χ0v) is 10.5. The number of aliphatic hydroxyl groups is 1. The van der Waals surface area contributed by atoms with Gasteiger partial charge < -0.3 is 9.84 Å². The summed E-state index contributed by atoms with van der Waals surface area (Å²) in [4.78, 5) is 0. The molecule has 16 heavy (non-hydrogen) atoms. The Morgan fingerprint density at radius 3 is 2.44 bits per heavy atom. The number of rotatable bonds is 4. The van der Waals surface area contributed by atoms with Gasteiger partial charge in [0.05, 0.1) is 6.10 Å². The molecule has 0 aromatic rings. The van der Waals surface area contributed by atoms with Crippen molar-refractivity contribution in [3.05, 3.63) is 0 Å². The van der Waals surface area contributed by atoms with Crippen molar-refractivity contribution in [1.82, 2.24) is 0 Å². The first-order valence-corrected chi connectivity index (χ1v) is 7.05. The van der Waals surface area contributed by atoms with E-state index in [0.717, 1.165) is 32.0 Å². The Morgan fingerprint density at radius 2 is 1.88 bits per heavy atom. The first-order chi connectivity index (χ1) is 7.79. The van der Waals surface area contributed by atoms with Crippen molar-refractivity contribution < 1.29 is 9.84 Å². The molecule has 0 bridgehead atoms. The molecule has 2 rings (SSSR count). The predicted molar refractivity (Wildman–Crippen MR) is 65.3 cm³/mol. The van der Waals surface area contributed by atoms with Crippen LogP contribution in [0.2, 0.25) is 0 Å². The van der Waals surface area contributed by atoms with E-state index in [9.17, 15) is 5.11 Å². The van der Waals surface area contributed by atoms with Gasteiger partial charge in [0.25, 0.3) is 0 Å². The highest BCUT2D eigenvalue weighted by Crippen LogP contribution is 2.34. The second-order valence-corrected chi connectivity index (χ2v) is 5.72. The van der Waals surface area contributed by atoms with Gasteiger partial charge in [-0.25, -0.2) is 0 Å². The minimum absolute atomic E-state index is 0.0653. The topological polar surface area (TPSA) is 29.5 Å². The summed E-state index contributed by atoms with van der Waals surface area (Å²) in [6.45, 7) is 4.07. The van der Waals surface area contributed by atoms with Gasteiger partial charge in [0.15, 0.2) is 0 Å². The van der Waals surface area contributed by atoms with Gasteiger partial charge in [0, 0.05) is 13.2 Å². The summed E-state index contributed by atoms with van der Waals surface area (Å²) in [6.07, 6.45) is 8.53. The Morgan fingerprint density at radius 1 is 1.12 bits per heavy atom. The molecule has 1 aliphatic heterocycles. The third-order valence-corrected chi connectivity index (χ3v) is 4.61. The van der Waals surface area contributed by atoms with E-state index in [4.69, 9.17) is 4.74 Å². The highest BCUT2D eigenvalue weighted by atomic mass is 16.5. The fraction of sp³-hybridized carbons (Fsp3) is 1.00. The molecule has 2 heteroatoms. The SMILES string of the molecule is CCC1CCC(C(O)CC2CCOC2)CC1. The number of ether oxygens (including phenoxy) is 1. The lowest BCUT2D eigenvalue weighted by Crippen LogP contribution is -2.27. The lowest BCUT2D eigenvalue weighted by Gasteiger charge is -2.31. The van der Waals surface area contributed by atoms with Crippen molar-refractivity contribution in [2.24, 2.45) is 17.8 Å². The fourth-order valence-corrected chi connectivity index (χ4v) is 3.28. The van der Waals surface area contributed by atoms with Crippen LogP contribution in [-0.2, 0) is 4.74 Å². The largest absolute Gasteiger partial charge is 0.393 e. The Kier molecular flexibility index (Phi) is 4.66. The van der Waals surface area contributed by atoms with Crippen molar-refractivity contribution in [2.45, 2.75) is 58.0 Å². The molecule has 2 aliphatic rings. The van der Waals surface area contributed by atoms with E-state index in [1.807, 2.05) is 0 Å². The van der Waals surface area contributed by atoms with Crippen LogP contribution < -0.4 is 0 Å². The van der Waals surface area contributed by atoms with Gasteiger partial charge in [-0.2, -0.15) is 0 Å². The predicted octanol–water partition coefficient (Wildman–Crippen LogP) is 2.99. The van der Waals surface area contributed by atoms with Crippen molar-refractivity contribution in [2.75, 3.05) is 13.2 Å². The van der Waals surface area contributed by atoms with Crippen LogP contribution in [-0.4, -0.2) is 24.4 Å². The smallest absolute Gasteiger partial charge is 0.0571 e. The molecule has 1 saturated heterocycles. The van der Waals surface area contributed by atoms with Gasteiger partial charge in [-0.15, -0.1) is 0 Å². The van der Waals surface area contributed by atoms with Crippen LogP contribution in [0.4, 0.5) is 0 Å². The molecule has 0 aromatic carbocycles. The molecule has 0 radical (unpaired) electrons. The van der Waals surface area contributed by atoms with Gasteiger partial charge in [-0.05, 0) is 43.4 Å². The van der Waals surface area contributed by atoms with Gasteiger partial charge in [0.1, 0.15) is 0 Å². The Hall–Kier alpha value is -0.0800. The normalized spacial score (nSPS) is 37.5. The molecule has 2 atom stereocenters. The Balaban J connectivity index is 1.70. The van der Waals surface area contributed by atoms with Gasteiger partial charge in [-0.1, -0.05) is 26.2 Å². The van der Waals surface area contributed by atoms with Crippen LogP contribution in [0.15, 0.2) is 0 Å². The monoisotopic (exact) mass is 226 g/mol. The average Bonchev–Trinajstić information content (AvgIpc) is 2.82. The molecule has 94 valence electrons. The summed E-state index contributed by atoms with van der Waals surface area (Å²) in [5.74, 6) is 2.13. The molecule has 2 unspecified atom stereocenters. The maximum atomic E-state index is 10.2. The van der Waals surface area contributed by atoms with E-state index in [2.05, 4.69) is 6.92 Å². The van der Waals surface area contributed by atoms with E-state index < -0.39 is 0 Å². The molecule has 0 spiro atoms. The van der Waals surface area contributed by atoms with Crippen LogP contribution in [0, 0.1) is 17.8 Å². The van der Waals surface area contributed by atoms with E-state index >= 15 is 0 Å². The van der Waals surface area contributed by atoms with Gasteiger partial charge in [-0.3, -0.25) is 0 Å². The van der Waals surface area contributed by atoms with Crippen LogP contribution in [0.1, 0.15) is 51.9 Å². The van der Waals surface area contributed by atoms with E-state index in [-0.39, 0.29) is 6.10 Å². The second-order valence-electron chi connectivity index (χ2n) is 5.72. The first-order valence-electron chi connectivity index (χ1n) is 7.05. The van der Waals surface area contributed by atoms with E-state index in [1.54, 1.807) is 0 Å². The van der Waals surface area contributed by atoms with Crippen LogP contribution in [0.5, 0.6) is 0 Å². The van der Waals surface area contributed by atoms with E-state index in [0.29, 0.717) is 11.8 Å². The highest BCUT2D eigenvalue weighted by molar-refractivity contribution is 4.79. The highest BCUT2D eigenvalue weighted by Gasteiger charge is 2.28. The van der Waals surface area contributed by atoms with Crippen molar-refractivity contribution >= 4 is 0 Å². The molecule has 0 amide bonds. The fourth-order valence-electron chi connectivity index (χ4n) is 3.28. The zero-order valence-electron chi connectivity index (χ0n) is 10.5. The lowest BCUT2D eigenvalue weighted by atomic mass is 9.77. The van der Waals surface area contributed by atoms with Gasteiger partial charge in [0.2, 0.25) is 0 Å². The van der Waals surface area contributed by atoms with Crippen LogP contribution >= 0.6 is 0 Å². The maximum Gasteiger partial charge on any atom is 0.0571 e. The van der Waals surface area contributed by atoms with E-state index in [1.165, 1.54) is 32.1 Å². The van der Waals surface area contributed by atoms with Crippen LogP contribution in [0.25, 0.3) is 0 Å². The van der Waals surface area contributed by atoms with Crippen molar-refractivity contribution in [3.63, 3.8) is 0 Å². The summed E-state index contributed by atoms with van der Waals surface area (Å²) in [7, 11) is 0. The molecule has 2 nitrogen and oxygen atoms in total. The van der Waals surface area contributed by atoms with Gasteiger partial charge >= 0.3 is 0 Å². The molecule has 1 aliphatic carbocycles. The summed E-state index contributed by atoms with van der Waals surface area (Å²) < 4.78 is 5.37. The zero-order chi connectivity index (χ0) is 11.4. The quantitative estimate of drug-likeness (QED) is 0.798. The second kappa shape index (κ2) is 6.02. The Bertz CT molecular complexity index is 191. The first kappa shape index (κ1) is 12.4. The average molecular weight is 226 g/mol. The Labute approximate surface area is 99.4 Å². The molecular formula is C14H26O2. The molecule has 0 aromatic heterocycles. The number of hydrogen-bond donors (Lipinski definition) is 1. The summed E-state index contributed by atoms with van der Waals surface area (Å²) in [5, 5.41) is 10.2. The maximum absolute atomic E-state index is 10.2. The standard InChI is InChI=1S/C14H26O2/c1-2-11-3-5-13(6-4-11)14(15)9-12-7-8-16-10-12/h11-15H,2-10H2,1H3. The molecule has 2 fully saturated rings. The molecule has 1 saturated carbocycles.